The first-order chi connectivity index (χ1) is 11.3. The third kappa shape index (κ3) is 3.82. The number of carbonyl (C=O) groups excluding carboxylic acids is 1. The minimum absolute atomic E-state index is 0.0114. The average Bonchev–Trinajstić information content (AvgIpc) is 2.56. The van der Waals surface area contributed by atoms with Crippen molar-refractivity contribution in [3.63, 3.8) is 0 Å². The average molecular weight is 331 g/mol. The van der Waals surface area contributed by atoms with Gasteiger partial charge in [0.25, 0.3) is 11.5 Å². The number of carbonyl (C=O) groups is 1. The van der Waals surface area contributed by atoms with Crippen LogP contribution in [0.3, 0.4) is 0 Å². The number of aliphatic hydroxyl groups excluding tert-OH is 1. The van der Waals surface area contributed by atoms with Gasteiger partial charge in [-0.05, 0) is 24.8 Å². The van der Waals surface area contributed by atoms with Gasteiger partial charge in [-0.25, -0.2) is 4.68 Å². The van der Waals surface area contributed by atoms with Crippen molar-refractivity contribution in [2.45, 2.75) is 40.3 Å². The minimum atomic E-state index is -0.337. The summed E-state index contributed by atoms with van der Waals surface area (Å²) in [5.41, 5.74) is 0.0514. The van der Waals surface area contributed by atoms with Gasteiger partial charge in [-0.1, -0.05) is 39.0 Å². The van der Waals surface area contributed by atoms with E-state index in [4.69, 9.17) is 0 Å². The Bertz CT molecular complexity index is 783. The first kappa shape index (κ1) is 18.1. The molecule has 2 N–H and O–H groups in total. The van der Waals surface area contributed by atoms with Crippen LogP contribution in [0.4, 0.5) is 0 Å². The van der Waals surface area contributed by atoms with Crippen molar-refractivity contribution < 1.29 is 9.90 Å². The zero-order valence-corrected chi connectivity index (χ0v) is 14.6. The molecule has 1 aromatic carbocycles. The molecule has 0 saturated carbocycles. The van der Waals surface area contributed by atoms with Crippen LogP contribution < -0.4 is 10.9 Å². The van der Waals surface area contributed by atoms with E-state index in [0.717, 1.165) is 0 Å². The summed E-state index contributed by atoms with van der Waals surface area (Å²) in [5.74, 6) is -0.168. The second-order valence-corrected chi connectivity index (χ2v) is 6.70. The van der Waals surface area contributed by atoms with E-state index >= 15 is 0 Å². The first-order valence-electron chi connectivity index (χ1n) is 8.26. The SMILES string of the molecule is CC(C)Cn1nc(C(=O)NC(C)C(C)CO)c2ccccc2c1=O. The van der Waals surface area contributed by atoms with E-state index in [1.54, 1.807) is 24.3 Å². The number of aliphatic hydroxyl groups is 1. The second-order valence-electron chi connectivity index (χ2n) is 6.70. The lowest BCUT2D eigenvalue weighted by Crippen LogP contribution is -2.40. The van der Waals surface area contributed by atoms with Gasteiger partial charge < -0.3 is 10.4 Å². The molecule has 2 unspecified atom stereocenters. The van der Waals surface area contributed by atoms with Gasteiger partial charge in [0.15, 0.2) is 5.69 Å². The maximum Gasteiger partial charge on any atom is 0.274 e. The number of amides is 1. The quantitative estimate of drug-likeness (QED) is 0.845. The van der Waals surface area contributed by atoms with Gasteiger partial charge in [0.05, 0.1) is 5.39 Å². The van der Waals surface area contributed by atoms with Crippen LogP contribution in [0.25, 0.3) is 10.8 Å². The van der Waals surface area contributed by atoms with E-state index in [9.17, 15) is 14.7 Å². The zero-order valence-electron chi connectivity index (χ0n) is 14.6. The van der Waals surface area contributed by atoms with Crippen LogP contribution >= 0.6 is 0 Å². The Balaban J connectivity index is 2.50. The predicted molar refractivity (Wildman–Crippen MR) is 94.0 cm³/mol. The zero-order chi connectivity index (χ0) is 17.9. The van der Waals surface area contributed by atoms with Crippen molar-refractivity contribution in [1.82, 2.24) is 15.1 Å². The normalized spacial score (nSPS) is 13.9. The third-order valence-corrected chi connectivity index (χ3v) is 4.12. The van der Waals surface area contributed by atoms with Crippen molar-refractivity contribution in [2.75, 3.05) is 6.61 Å². The van der Waals surface area contributed by atoms with Gasteiger partial charge >= 0.3 is 0 Å². The lowest BCUT2D eigenvalue weighted by molar-refractivity contribution is 0.0910. The number of benzene rings is 1. The first-order valence-corrected chi connectivity index (χ1v) is 8.26. The van der Waals surface area contributed by atoms with Gasteiger partial charge in [0.1, 0.15) is 0 Å². The molecule has 2 aromatic rings. The number of fused-ring (bicyclic) bond motifs is 1. The molecule has 0 aliphatic rings. The molecule has 6 nitrogen and oxygen atoms in total. The van der Waals surface area contributed by atoms with Gasteiger partial charge in [0, 0.05) is 24.6 Å². The lowest BCUT2D eigenvalue weighted by atomic mass is 10.0. The number of nitrogens with zero attached hydrogens (tertiary/aromatic N) is 2. The van der Waals surface area contributed by atoms with Crippen LogP contribution in [0.1, 0.15) is 38.2 Å². The monoisotopic (exact) mass is 331 g/mol. The van der Waals surface area contributed by atoms with Gasteiger partial charge in [0.2, 0.25) is 0 Å². The second kappa shape index (κ2) is 7.57. The van der Waals surface area contributed by atoms with Gasteiger partial charge in [-0.3, -0.25) is 9.59 Å². The number of hydrogen-bond donors (Lipinski definition) is 2. The van der Waals surface area contributed by atoms with Crippen molar-refractivity contribution in [1.29, 1.82) is 0 Å². The van der Waals surface area contributed by atoms with E-state index in [1.807, 2.05) is 27.7 Å². The van der Waals surface area contributed by atoms with E-state index in [-0.39, 0.29) is 41.6 Å². The maximum absolute atomic E-state index is 12.7. The summed E-state index contributed by atoms with van der Waals surface area (Å²) in [7, 11) is 0. The van der Waals surface area contributed by atoms with E-state index in [0.29, 0.717) is 17.3 Å². The lowest BCUT2D eigenvalue weighted by Gasteiger charge is -2.20. The summed E-state index contributed by atoms with van der Waals surface area (Å²) in [5, 5.41) is 17.4. The van der Waals surface area contributed by atoms with Crippen LogP contribution in [0, 0.1) is 11.8 Å². The van der Waals surface area contributed by atoms with Gasteiger partial charge in [-0.2, -0.15) is 5.10 Å². The minimum Gasteiger partial charge on any atom is -0.396 e. The summed E-state index contributed by atoms with van der Waals surface area (Å²) in [6.07, 6.45) is 0. The van der Waals surface area contributed by atoms with E-state index < -0.39 is 0 Å². The molecule has 0 fully saturated rings. The molecule has 24 heavy (non-hydrogen) atoms. The molecule has 130 valence electrons. The highest BCUT2D eigenvalue weighted by atomic mass is 16.3. The summed E-state index contributed by atoms with van der Waals surface area (Å²) < 4.78 is 1.36. The molecule has 0 saturated heterocycles. The fourth-order valence-corrected chi connectivity index (χ4v) is 2.45. The Morgan fingerprint density at radius 2 is 1.83 bits per heavy atom. The van der Waals surface area contributed by atoms with Crippen LogP contribution in [0.2, 0.25) is 0 Å². The molecule has 1 heterocycles. The molecular formula is C18H25N3O3. The molecule has 1 amide bonds. The van der Waals surface area contributed by atoms with Crippen molar-refractivity contribution in [3.8, 4) is 0 Å². The van der Waals surface area contributed by atoms with Crippen molar-refractivity contribution in [2.24, 2.45) is 11.8 Å². The molecule has 0 aliphatic carbocycles. The number of nitrogens with one attached hydrogen (secondary N) is 1. The Morgan fingerprint density at radius 3 is 2.42 bits per heavy atom. The summed E-state index contributed by atoms with van der Waals surface area (Å²) >= 11 is 0. The molecular weight excluding hydrogens is 306 g/mol. The number of aromatic nitrogens is 2. The molecule has 2 rings (SSSR count). The van der Waals surface area contributed by atoms with E-state index in [1.165, 1.54) is 4.68 Å². The van der Waals surface area contributed by atoms with Crippen molar-refractivity contribution >= 4 is 16.7 Å². The Labute approximate surface area is 141 Å². The largest absolute Gasteiger partial charge is 0.396 e. The Morgan fingerprint density at radius 1 is 1.21 bits per heavy atom. The fourth-order valence-electron chi connectivity index (χ4n) is 2.45. The maximum atomic E-state index is 12.7. The molecule has 0 bridgehead atoms. The highest BCUT2D eigenvalue weighted by molar-refractivity contribution is 6.04. The van der Waals surface area contributed by atoms with Gasteiger partial charge in [-0.15, -0.1) is 0 Å². The smallest absolute Gasteiger partial charge is 0.274 e. The highest BCUT2D eigenvalue weighted by Crippen LogP contribution is 2.14. The topological polar surface area (TPSA) is 84.2 Å². The van der Waals surface area contributed by atoms with Crippen LogP contribution in [0.5, 0.6) is 0 Å². The fraction of sp³-hybridized carbons (Fsp3) is 0.500. The summed E-state index contributed by atoms with van der Waals surface area (Å²) in [4.78, 5) is 25.2. The molecule has 0 radical (unpaired) electrons. The number of rotatable bonds is 6. The van der Waals surface area contributed by atoms with Crippen LogP contribution in [-0.4, -0.2) is 33.4 Å². The molecule has 6 heteroatoms. The van der Waals surface area contributed by atoms with Crippen LogP contribution in [0.15, 0.2) is 29.1 Å². The number of hydrogen-bond acceptors (Lipinski definition) is 4. The predicted octanol–water partition coefficient (Wildman–Crippen LogP) is 1.80. The molecule has 2 atom stereocenters. The molecule has 1 aromatic heterocycles. The summed E-state index contributed by atoms with van der Waals surface area (Å²) in [6, 6.07) is 6.81. The van der Waals surface area contributed by atoms with Crippen molar-refractivity contribution in [3.05, 3.63) is 40.3 Å². The Kier molecular flexibility index (Phi) is 5.72. The third-order valence-electron chi connectivity index (χ3n) is 4.12. The van der Waals surface area contributed by atoms with E-state index in [2.05, 4.69) is 10.4 Å². The summed E-state index contributed by atoms with van der Waals surface area (Å²) in [6.45, 7) is 8.12. The standard InChI is InChI=1S/C18H25N3O3/c1-11(2)9-21-18(24)15-8-6-5-7-14(15)16(20-21)17(23)19-13(4)12(3)10-22/h5-8,11-13,22H,9-10H2,1-4H3,(H,19,23). The van der Waals surface area contributed by atoms with Crippen LogP contribution in [-0.2, 0) is 6.54 Å². The Hall–Kier alpha value is -2.21. The molecule has 0 aliphatic heterocycles. The highest BCUT2D eigenvalue weighted by Gasteiger charge is 2.20. The molecule has 0 spiro atoms.